The molecule has 3 heterocycles. The summed E-state index contributed by atoms with van der Waals surface area (Å²) < 4.78 is 35.0. The van der Waals surface area contributed by atoms with E-state index in [1.54, 1.807) is 0 Å². The third-order valence-electron chi connectivity index (χ3n) is 5.82. The molecule has 1 N–H and O–H groups in total. The van der Waals surface area contributed by atoms with Gasteiger partial charge in [0.2, 0.25) is 5.91 Å². The number of nitrogens with zero attached hydrogens (tertiary/aromatic N) is 2. The monoisotopic (exact) mass is 417 g/mol. The van der Waals surface area contributed by atoms with E-state index in [-0.39, 0.29) is 18.1 Å². The topological polar surface area (TPSA) is 88.1 Å². The number of ether oxygens (including phenoxy) is 1. The number of hydrogen-bond donors (Lipinski definition) is 1. The maximum absolute atomic E-state index is 12.7. The fourth-order valence-electron chi connectivity index (χ4n) is 4.20. The van der Waals surface area contributed by atoms with E-state index in [2.05, 4.69) is 9.71 Å². The van der Waals surface area contributed by atoms with Gasteiger partial charge in [-0.05, 0) is 45.1 Å². The van der Waals surface area contributed by atoms with E-state index in [1.807, 2.05) is 43.0 Å². The van der Waals surface area contributed by atoms with Crippen molar-refractivity contribution >= 4 is 26.7 Å². The first-order valence-electron chi connectivity index (χ1n) is 10.2. The van der Waals surface area contributed by atoms with Crippen molar-refractivity contribution in [1.82, 2.24) is 10.2 Å². The van der Waals surface area contributed by atoms with Crippen molar-refractivity contribution in [2.75, 3.05) is 19.7 Å². The third kappa shape index (κ3) is 4.09. The second-order valence-corrected chi connectivity index (χ2v) is 9.52. The second kappa shape index (κ2) is 7.91. The van der Waals surface area contributed by atoms with Crippen LogP contribution in [0.5, 0.6) is 0 Å². The van der Waals surface area contributed by atoms with E-state index in [0.29, 0.717) is 41.6 Å². The van der Waals surface area contributed by atoms with Gasteiger partial charge in [-0.15, -0.1) is 4.40 Å². The van der Waals surface area contributed by atoms with Gasteiger partial charge in [-0.3, -0.25) is 4.79 Å². The van der Waals surface area contributed by atoms with E-state index in [1.165, 1.54) is 0 Å². The molecule has 0 unspecified atom stereocenters. The highest BCUT2D eigenvalue weighted by Crippen LogP contribution is 2.34. The van der Waals surface area contributed by atoms with Gasteiger partial charge in [0.05, 0.1) is 0 Å². The molecule has 2 fully saturated rings. The fourth-order valence-corrected chi connectivity index (χ4v) is 5.69. The van der Waals surface area contributed by atoms with E-state index >= 15 is 0 Å². The van der Waals surface area contributed by atoms with Gasteiger partial charge in [0.1, 0.15) is 16.8 Å². The fraction of sp³-hybridized carbons (Fsp3) is 0.524. The summed E-state index contributed by atoms with van der Waals surface area (Å²) in [6.45, 7) is 5.76. The molecule has 156 valence electrons. The highest BCUT2D eigenvalue weighted by molar-refractivity contribution is 8.00. The Balaban J connectivity index is 1.44. The maximum atomic E-state index is 12.7. The van der Waals surface area contributed by atoms with Crippen LogP contribution in [0.1, 0.15) is 43.7 Å². The van der Waals surface area contributed by atoms with Gasteiger partial charge in [0, 0.05) is 31.3 Å². The number of carbonyl (C=O) groups is 1. The molecule has 1 aromatic rings. The van der Waals surface area contributed by atoms with E-state index in [9.17, 15) is 13.2 Å². The number of carbonyl (C=O) groups excluding carboxylic acids is 1. The summed E-state index contributed by atoms with van der Waals surface area (Å²) in [4.78, 5) is 14.6. The number of amidine groups is 1. The molecule has 1 atom stereocenters. The molecule has 0 radical (unpaired) electrons. The number of hydrogen-bond acceptors (Lipinski definition) is 5. The van der Waals surface area contributed by atoms with Crippen LogP contribution in [-0.2, 0) is 19.6 Å². The quantitative estimate of drug-likeness (QED) is 0.815. The van der Waals surface area contributed by atoms with Crippen LogP contribution in [-0.4, -0.2) is 56.9 Å². The third-order valence-corrected chi connectivity index (χ3v) is 7.29. The van der Waals surface area contributed by atoms with Crippen molar-refractivity contribution in [2.45, 2.75) is 51.7 Å². The van der Waals surface area contributed by atoms with Gasteiger partial charge in [0.25, 0.3) is 10.0 Å². The van der Waals surface area contributed by atoms with E-state index < -0.39 is 10.0 Å². The largest absolute Gasteiger partial charge is 0.368 e. The second-order valence-electron chi connectivity index (χ2n) is 7.98. The van der Waals surface area contributed by atoms with Gasteiger partial charge < -0.3 is 15.0 Å². The number of piperidine rings is 1. The Bertz CT molecular complexity index is 952. The lowest BCUT2D eigenvalue weighted by Gasteiger charge is -2.34. The van der Waals surface area contributed by atoms with Crippen LogP contribution in [0.3, 0.4) is 0 Å². The summed E-state index contributed by atoms with van der Waals surface area (Å²) in [5.74, 6) is 0.504. The van der Waals surface area contributed by atoms with E-state index in [4.69, 9.17) is 4.74 Å². The zero-order chi connectivity index (χ0) is 20.6. The van der Waals surface area contributed by atoms with Crippen LogP contribution in [0.15, 0.2) is 34.2 Å². The zero-order valence-electron chi connectivity index (χ0n) is 16.8. The number of amides is 1. The first-order valence-corrected chi connectivity index (χ1v) is 11.6. The van der Waals surface area contributed by atoms with Crippen LogP contribution < -0.4 is 5.32 Å². The average Bonchev–Trinajstić information content (AvgIpc) is 3.30. The van der Waals surface area contributed by atoms with Crippen LogP contribution in [0.4, 0.5) is 0 Å². The molecule has 0 bridgehead atoms. The summed E-state index contributed by atoms with van der Waals surface area (Å²) in [7, 11) is -3.70. The summed E-state index contributed by atoms with van der Waals surface area (Å²) in [6, 6.07) is 7.56. The highest BCUT2D eigenvalue weighted by atomic mass is 32.2. The van der Waals surface area contributed by atoms with Crippen molar-refractivity contribution in [3.8, 4) is 0 Å². The van der Waals surface area contributed by atoms with Gasteiger partial charge >= 0.3 is 0 Å². The predicted molar refractivity (Wildman–Crippen MR) is 112 cm³/mol. The standard InChI is InChI=1S/C21H27N3O4S/c1-14-5-7-16(8-6-14)19-15(2)20(23-29(19,26)27)24-11-9-17(10-12-24)22-21(25)18-4-3-13-28-18/h5-8,17-18H,3-4,9-13H2,1-2H3,(H,22,25)/t18-/m1/s1. The van der Waals surface area contributed by atoms with Crippen molar-refractivity contribution in [3.05, 3.63) is 41.0 Å². The molecule has 7 nitrogen and oxygen atoms in total. The minimum atomic E-state index is -3.70. The van der Waals surface area contributed by atoms with Crippen LogP contribution in [0.2, 0.25) is 0 Å². The molecular formula is C21H27N3O4S. The Morgan fingerprint density at radius 2 is 1.83 bits per heavy atom. The Morgan fingerprint density at radius 3 is 2.45 bits per heavy atom. The molecule has 0 aliphatic carbocycles. The van der Waals surface area contributed by atoms with Gasteiger partial charge in [-0.2, -0.15) is 8.42 Å². The normalized spacial score (nSPS) is 24.7. The Hall–Kier alpha value is -2.19. The summed E-state index contributed by atoms with van der Waals surface area (Å²) in [5.41, 5.74) is 2.44. The lowest BCUT2D eigenvalue weighted by Crippen LogP contribution is -2.48. The summed E-state index contributed by atoms with van der Waals surface area (Å²) in [6.07, 6.45) is 2.90. The lowest BCUT2D eigenvalue weighted by molar-refractivity contribution is -0.131. The molecule has 29 heavy (non-hydrogen) atoms. The maximum Gasteiger partial charge on any atom is 0.285 e. The number of aryl methyl sites for hydroxylation is 1. The molecule has 8 heteroatoms. The van der Waals surface area contributed by atoms with Gasteiger partial charge in [0.15, 0.2) is 0 Å². The summed E-state index contributed by atoms with van der Waals surface area (Å²) >= 11 is 0. The smallest absolute Gasteiger partial charge is 0.285 e. The molecule has 2 saturated heterocycles. The van der Waals surface area contributed by atoms with Crippen LogP contribution in [0.25, 0.3) is 4.91 Å². The number of sulfonamides is 1. The Kier molecular flexibility index (Phi) is 5.48. The van der Waals surface area contributed by atoms with Crippen molar-refractivity contribution in [1.29, 1.82) is 0 Å². The number of rotatable bonds is 3. The first kappa shape index (κ1) is 20.1. The molecule has 0 saturated carbocycles. The van der Waals surface area contributed by atoms with E-state index in [0.717, 1.165) is 31.2 Å². The molecular weight excluding hydrogens is 390 g/mol. The number of likely N-dealkylation sites (tertiary alicyclic amines) is 1. The number of benzene rings is 1. The van der Waals surface area contributed by atoms with Gasteiger partial charge in [-0.1, -0.05) is 29.8 Å². The molecule has 1 amide bonds. The van der Waals surface area contributed by atoms with Crippen LogP contribution >= 0.6 is 0 Å². The minimum Gasteiger partial charge on any atom is -0.368 e. The molecule has 3 aliphatic heterocycles. The van der Waals surface area contributed by atoms with Gasteiger partial charge in [-0.25, -0.2) is 0 Å². The molecule has 1 aromatic carbocycles. The summed E-state index contributed by atoms with van der Waals surface area (Å²) in [5, 5.41) is 3.08. The molecule has 3 aliphatic rings. The molecule has 4 rings (SSSR count). The lowest BCUT2D eigenvalue weighted by atomic mass is 10.0. The minimum absolute atomic E-state index is 0.0283. The average molecular weight is 418 g/mol. The Labute approximate surface area is 171 Å². The molecule has 0 spiro atoms. The first-order chi connectivity index (χ1) is 13.8. The zero-order valence-corrected chi connectivity index (χ0v) is 17.7. The van der Waals surface area contributed by atoms with Crippen molar-refractivity contribution < 1.29 is 17.9 Å². The number of nitrogens with one attached hydrogen (secondary N) is 1. The predicted octanol–water partition coefficient (Wildman–Crippen LogP) is 2.23. The molecule has 0 aromatic heterocycles. The van der Waals surface area contributed by atoms with Crippen molar-refractivity contribution in [2.24, 2.45) is 4.40 Å². The highest BCUT2D eigenvalue weighted by Gasteiger charge is 2.35. The van der Waals surface area contributed by atoms with Crippen molar-refractivity contribution in [3.63, 3.8) is 0 Å². The Morgan fingerprint density at radius 1 is 1.14 bits per heavy atom. The van der Waals surface area contributed by atoms with Crippen LogP contribution in [0, 0.1) is 6.92 Å². The SMILES string of the molecule is CC1=C(c2ccc(C)cc2)S(=O)(=O)N=C1N1CCC(NC(=O)[C@H]2CCCO2)CC1.